The minimum Gasteiger partial charge on any atom is -0.393 e. The van der Waals surface area contributed by atoms with Crippen LogP contribution in [0.2, 0.25) is 0 Å². The van der Waals surface area contributed by atoms with Gasteiger partial charge in [-0.3, -0.25) is 0 Å². The Bertz CT molecular complexity index is 1810. The summed E-state index contributed by atoms with van der Waals surface area (Å²) in [6.45, 7) is 1.84. The molecule has 7 nitrogen and oxygen atoms in total. The highest BCUT2D eigenvalue weighted by atomic mass is 16.3. The third kappa shape index (κ3) is 3.55. The van der Waals surface area contributed by atoms with E-state index in [4.69, 9.17) is 8.22 Å². The molecular weight excluding hydrogens is 538 g/mol. The minimum atomic E-state index is -3.11. The van der Waals surface area contributed by atoms with Crippen LogP contribution < -0.4 is 11.4 Å². The van der Waals surface area contributed by atoms with Gasteiger partial charge in [0.1, 0.15) is 0 Å². The Morgan fingerprint density at radius 2 is 1.67 bits per heavy atom. The van der Waals surface area contributed by atoms with Crippen molar-refractivity contribution in [3.63, 3.8) is 0 Å². The summed E-state index contributed by atoms with van der Waals surface area (Å²) in [4.78, 5) is 29.3. The molecule has 2 aromatic rings. The maximum Gasteiger partial charge on any atom is 0.352 e. The number of aliphatic hydroxyl groups is 2. The van der Waals surface area contributed by atoms with Gasteiger partial charge in [0.25, 0.3) is 0 Å². The van der Waals surface area contributed by atoms with E-state index in [1.807, 2.05) is 24.3 Å². The van der Waals surface area contributed by atoms with Crippen LogP contribution in [0.1, 0.15) is 94.6 Å². The van der Waals surface area contributed by atoms with Crippen molar-refractivity contribution in [2.45, 2.75) is 109 Å². The molecule has 2 aliphatic heterocycles. The van der Waals surface area contributed by atoms with E-state index in [0.29, 0.717) is 18.5 Å². The van der Waals surface area contributed by atoms with Crippen molar-refractivity contribution >= 4 is 0 Å². The van der Waals surface area contributed by atoms with Crippen molar-refractivity contribution in [1.29, 1.82) is 0 Å². The Hall–Kier alpha value is -2.64. The number of hydrogen-bond acceptors (Lipinski definition) is 4. The molecule has 0 amide bonds. The van der Waals surface area contributed by atoms with E-state index in [-0.39, 0.29) is 45.9 Å². The highest BCUT2D eigenvalue weighted by Gasteiger charge is 2.75. The van der Waals surface area contributed by atoms with Crippen LogP contribution in [0.4, 0.5) is 0 Å². The van der Waals surface area contributed by atoms with Gasteiger partial charge in [-0.15, -0.1) is 0 Å². The molecule has 0 radical (unpaired) electrons. The summed E-state index contributed by atoms with van der Waals surface area (Å²) in [5.41, 5.74) is -5.37. The van der Waals surface area contributed by atoms with Crippen LogP contribution >= 0.6 is 0 Å². The van der Waals surface area contributed by atoms with E-state index in [0.717, 1.165) is 32.1 Å². The van der Waals surface area contributed by atoms with Crippen LogP contribution in [0, 0.1) is 40.4 Å². The predicted octanol–water partition coefficient (Wildman–Crippen LogP) is 5.37. The molecule has 232 valence electrons. The van der Waals surface area contributed by atoms with E-state index in [9.17, 15) is 19.8 Å². The molecule has 0 unspecified atom stereocenters. The third-order valence-electron chi connectivity index (χ3n) is 13.1. The van der Waals surface area contributed by atoms with Crippen molar-refractivity contribution < 1.29 is 18.4 Å². The normalized spacial score (nSPS) is 43.7. The molecule has 7 heteroatoms. The van der Waals surface area contributed by atoms with Crippen molar-refractivity contribution in [2.75, 3.05) is 0 Å². The maximum absolute atomic E-state index is 14.8. The Morgan fingerprint density at radius 3 is 2.40 bits per heavy atom. The summed E-state index contributed by atoms with van der Waals surface area (Å²) >= 11 is 0. The van der Waals surface area contributed by atoms with E-state index in [1.54, 1.807) is 27.6 Å². The van der Waals surface area contributed by atoms with Crippen molar-refractivity contribution in [3.05, 3.63) is 75.6 Å². The molecule has 43 heavy (non-hydrogen) atoms. The molecule has 8 rings (SSSR count). The van der Waals surface area contributed by atoms with Crippen molar-refractivity contribution in [3.8, 4) is 5.69 Å². The number of benzene rings is 1. The zero-order valence-corrected chi connectivity index (χ0v) is 25.7. The van der Waals surface area contributed by atoms with Gasteiger partial charge in [0.15, 0.2) is 0 Å². The smallest absolute Gasteiger partial charge is 0.352 e. The second-order valence-electron chi connectivity index (χ2n) is 15.0. The van der Waals surface area contributed by atoms with E-state index in [2.05, 4.69) is 32.9 Å². The molecule has 2 bridgehead atoms. The van der Waals surface area contributed by atoms with Gasteiger partial charge in [-0.1, -0.05) is 70.2 Å². The molecule has 1 aromatic carbocycles. The maximum atomic E-state index is 14.8. The Balaban J connectivity index is 1.34. The lowest BCUT2D eigenvalue weighted by atomic mass is 9.40. The summed E-state index contributed by atoms with van der Waals surface area (Å²) in [7, 11) is 0. The molecule has 2 N–H and O–H groups in total. The lowest BCUT2D eigenvalue weighted by Gasteiger charge is -2.71. The summed E-state index contributed by atoms with van der Waals surface area (Å²) in [6, 6.07) is 9.03. The van der Waals surface area contributed by atoms with Gasteiger partial charge >= 0.3 is 11.4 Å². The van der Waals surface area contributed by atoms with E-state index >= 15 is 0 Å². The molecule has 3 saturated carbocycles. The summed E-state index contributed by atoms with van der Waals surface area (Å²) in [5, 5.41) is 22.1. The summed E-state index contributed by atoms with van der Waals surface area (Å²) in [6.07, 6.45) is 12.3. The Labute approximate surface area is 263 Å². The summed E-state index contributed by atoms with van der Waals surface area (Å²) in [5.74, 6) is -1.04. The molecule has 2 spiro atoms. The average molecular weight is 594 g/mol. The lowest BCUT2D eigenvalue weighted by molar-refractivity contribution is -0.199. The fourth-order valence-corrected chi connectivity index (χ4v) is 10.9. The Morgan fingerprint density at radius 1 is 0.953 bits per heavy atom. The van der Waals surface area contributed by atoms with Crippen molar-refractivity contribution in [2.24, 2.45) is 40.4 Å². The van der Waals surface area contributed by atoms with E-state index in [1.165, 1.54) is 11.5 Å². The van der Waals surface area contributed by atoms with Crippen LogP contribution in [0.15, 0.2) is 64.2 Å². The topological polar surface area (TPSA) is 89.4 Å². The van der Waals surface area contributed by atoms with Gasteiger partial charge in [-0.05, 0) is 93.4 Å². The zero-order valence-electron chi connectivity index (χ0n) is 31.7. The second kappa shape index (κ2) is 9.20. The highest BCUT2D eigenvalue weighted by Crippen LogP contribution is 2.74. The number of aliphatic hydroxyl groups excluding tert-OH is 1. The number of hydrogen-bond donors (Lipinski definition) is 2. The SMILES string of the molecule is [2H]C([2H])([2H])C(O)([C@@H](C)/C=C/[C@@H](C)[C@H]1CC[C@@H]2[C@]1(C)CC[C@@H]1[C@]23C=C[C@]2(C[C@@H](O)CC[C@@]12C)n1c(=O)n(-c2ccccc2)c(=O)n13)C([2H])([2H])[2H]. The molecule has 0 saturated heterocycles. The van der Waals surface area contributed by atoms with Crippen LogP contribution in [0.5, 0.6) is 0 Å². The highest BCUT2D eigenvalue weighted by molar-refractivity contribution is 5.38. The molecule has 3 heterocycles. The first-order chi connectivity index (χ1) is 22.7. The number of allylic oxidation sites excluding steroid dienone is 3. The monoisotopic (exact) mass is 593 g/mol. The standard InChI is InChI=1S/C36H49N3O4/c1-23(12-13-24(2)32(3,4)43)27-14-15-28-33(27,5)18-17-29-34(6)19-16-26(40)22-35(34)20-21-36(28,29)39-31(42)37(30(41)38(35)39)25-10-8-7-9-11-25/h7-13,20-21,23-24,26-29,40,43H,14-19,22H2,1-6H3/b13-12+/t23-,24+,26+,27-,28-,29+,33-,34+,35-,36+/m1/s1/i3D3,4D3. The first-order valence-corrected chi connectivity index (χ1v) is 16.0. The second-order valence-corrected chi connectivity index (χ2v) is 15.0. The molecule has 4 aliphatic carbocycles. The minimum absolute atomic E-state index is 0.00639. The van der Waals surface area contributed by atoms with E-state index < -0.39 is 42.4 Å². The van der Waals surface area contributed by atoms with Gasteiger partial charge in [-0.2, -0.15) is 0 Å². The van der Waals surface area contributed by atoms with Gasteiger partial charge in [0.05, 0.1) is 28.5 Å². The third-order valence-corrected chi connectivity index (χ3v) is 13.1. The Kier molecular flexibility index (Phi) is 4.88. The number of rotatable bonds is 5. The predicted molar refractivity (Wildman–Crippen MR) is 168 cm³/mol. The molecular formula is C36H49N3O4. The first kappa shape index (κ1) is 22.8. The number of para-hydroxylation sites is 1. The summed E-state index contributed by atoms with van der Waals surface area (Å²) < 4.78 is 52.0. The van der Waals surface area contributed by atoms with Gasteiger partial charge in [0, 0.05) is 26.0 Å². The van der Waals surface area contributed by atoms with Gasteiger partial charge in [0.2, 0.25) is 0 Å². The molecule has 10 atom stereocenters. The number of fused-ring (bicyclic) bond motifs is 1. The zero-order chi connectivity index (χ0) is 35.7. The average Bonchev–Trinajstić information content (AvgIpc) is 3.53. The van der Waals surface area contributed by atoms with Gasteiger partial charge < -0.3 is 10.2 Å². The van der Waals surface area contributed by atoms with Crippen LogP contribution in [-0.2, 0) is 11.1 Å². The molecule has 1 aromatic heterocycles. The number of aromatic nitrogens is 3. The first-order valence-electron chi connectivity index (χ1n) is 19.0. The lowest BCUT2D eigenvalue weighted by Crippen LogP contribution is -2.76. The van der Waals surface area contributed by atoms with Gasteiger partial charge in [-0.25, -0.2) is 23.5 Å². The fourth-order valence-electron chi connectivity index (χ4n) is 10.9. The van der Waals surface area contributed by atoms with Crippen LogP contribution in [0.3, 0.4) is 0 Å². The quantitative estimate of drug-likeness (QED) is 0.457. The van der Waals surface area contributed by atoms with Crippen LogP contribution in [0.25, 0.3) is 5.69 Å². The van der Waals surface area contributed by atoms with Crippen LogP contribution in [-0.4, -0.2) is 35.8 Å². The number of nitrogens with zero attached hydrogens (tertiary/aromatic N) is 3. The molecule has 3 fully saturated rings. The molecule has 6 aliphatic rings. The largest absolute Gasteiger partial charge is 0.393 e. The van der Waals surface area contributed by atoms with Crippen molar-refractivity contribution in [1.82, 2.24) is 13.9 Å². The fraction of sp³-hybridized carbons (Fsp3) is 0.667.